The van der Waals surface area contributed by atoms with E-state index in [2.05, 4.69) is 4.99 Å². The number of nitrogens with zero attached hydrogens (tertiary/aromatic N) is 1. The van der Waals surface area contributed by atoms with Crippen molar-refractivity contribution in [3.05, 3.63) is 64.2 Å². The molecule has 0 saturated heterocycles. The lowest BCUT2D eigenvalue weighted by Crippen LogP contribution is -2.11. The van der Waals surface area contributed by atoms with Gasteiger partial charge in [0, 0.05) is 11.8 Å². The van der Waals surface area contributed by atoms with Crippen LogP contribution in [0.2, 0.25) is 5.02 Å². The molecule has 21 heavy (non-hydrogen) atoms. The number of rotatable bonds is 4. The number of aliphatic imine (C=N–C) groups is 1. The average Bonchev–Trinajstić information content (AvgIpc) is 2.45. The Balaban J connectivity index is 2.50. The number of hydrogen-bond donors (Lipinski definition) is 2. The molecule has 0 unspecified atom stereocenters. The van der Waals surface area contributed by atoms with E-state index in [1.807, 2.05) is 0 Å². The van der Waals surface area contributed by atoms with Crippen molar-refractivity contribution in [3.63, 3.8) is 0 Å². The molecule has 0 saturated carbocycles. The van der Waals surface area contributed by atoms with Crippen molar-refractivity contribution < 1.29 is 19.8 Å². The summed E-state index contributed by atoms with van der Waals surface area (Å²) in [5, 5.41) is 18.7. The molecule has 2 aromatic carbocycles. The smallest absolute Gasteiger partial charge is 0.337 e. The van der Waals surface area contributed by atoms with Crippen molar-refractivity contribution in [2.45, 2.75) is 0 Å². The summed E-state index contributed by atoms with van der Waals surface area (Å²) in [5.41, 5.74) is 0.0740. The minimum Gasteiger partial charge on any atom is -0.478 e. The fraction of sp³-hybridized carbons (Fsp3) is 0. The number of benzene rings is 2. The molecular weight excluding hydrogens is 294 g/mol. The average molecular weight is 304 g/mol. The first-order valence-electron chi connectivity index (χ1n) is 5.89. The number of halogens is 1. The summed E-state index contributed by atoms with van der Waals surface area (Å²) in [6.45, 7) is 0. The normalized spacial score (nSPS) is 10.7. The molecule has 0 aliphatic rings. The molecule has 6 heteroatoms. The second-order valence-electron chi connectivity index (χ2n) is 4.09. The molecule has 2 aromatic rings. The summed E-state index contributed by atoms with van der Waals surface area (Å²) in [4.78, 5) is 26.5. The van der Waals surface area contributed by atoms with Crippen LogP contribution in [0.1, 0.15) is 26.3 Å². The van der Waals surface area contributed by atoms with E-state index in [1.165, 1.54) is 24.4 Å². The van der Waals surface area contributed by atoms with Gasteiger partial charge in [0.25, 0.3) is 0 Å². The van der Waals surface area contributed by atoms with Crippen molar-refractivity contribution >= 4 is 35.4 Å². The van der Waals surface area contributed by atoms with E-state index >= 15 is 0 Å². The number of hydrogen-bond acceptors (Lipinski definition) is 3. The molecule has 0 fully saturated rings. The van der Waals surface area contributed by atoms with Gasteiger partial charge in [-0.1, -0.05) is 35.9 Å². The van der Waals surface area contributed by atoms with E-state index in [1.54, 1.807) is 24.3 Å². The first kappa shape index (κ1) is 14.7. The van der Waals surface area contributed by atoms with Crippen LogP contribution in [0.25, 0.3) is 0 Å². The molecule has 0 bridgehead atoms. The van der Waals surface area contributed by atoms with Crippen LogP contribution in [0.3, 0.4) is 0 Å². The molecule has 0 aliphatic carbocycles. The van der Waals surface area contributed by atoms with Crippen LogP contribution in [0.15, 0.2) is 47.5 Å². The molecule has 106 valence electrons. The summed E-state index contributed by atoms with van der Waals surface area (Å²) >= 11 is 5.95. The molecule has 0 amide bonds. The minimum atomic E-state index is -1.33. The molecule has 0 spiro atoms. The lowest BCUT2D eigenvalue weighted by atomic mass is 10.0. The fourth-order valence-electron chi connectivity index (χ4n) is 1.79. The van der Waals surface area contributed by atoms with E-state index < -0.39 is 11.9 Å². The SMILES string of the molecule is O=C(O)c1cccc(/C=N\c2ccccc2Cl)c1C(=O)O. The zero-order chi connectivity index (χ0) is 15.4. The molecule has 0 atom stereocenters. The van der Waals surface area contributed by atoms with Crippen molar-refractivity contribution in [3.8, 4) is 0 Å². The van der Waals surface area contributed by atoms with Crippen LogP contribution in [0, 0.1) is 0 Å². The van der Waals surface area contributed by atoms with E-state index in [0.29, 0.717) is 10.7 Å². The minimum absolute atomic E-state index is 0.197. The first-order chi connectivity index (χ1) is 10.0. The maximum absolute atomic E-state index is 11.3. The monoisotopic (exact) mass is 303 g/mol. The van der Waals surface area contributed by atoms with Gasteiger partial charge in [0.2, 0.25) is 0 Å². The number of carboxylic acid groups (broad SMARTS) is 2. The van der Waals surface area contributed by atoms with Gasteiger partial charge >= 0.3 is 11.9 Å². The summed E-state index contributed by atoms with van der Waals surface area (Å²) in [6, 6.07) is 11.0. The van der Waals surface area contributed by atoms with Crippen LogP contribution in [-0.2, 0) is 0 Å². The molecule has 0 heterocycles. The van der Waals surface area contributed by atoms with Crippen molar-refractivity contribution in [2.75, 3.05) is 0 Å². The Morgan fingerprint density at radius 1 is 1.00 bits per heavy atom. The second kappa shape index (κ2) is 6.19. The molecule has 2 N–H and O–H groups in total. The van der Waals surface area contributed by atoms with Crippen molar-refractivity contribution in [1.82, 2.24) is 0 Å². The van der Waals surface area contributed by atoms with Gasteiger partial charge in [0.05, 0.1) is 21.8 Å². The maximum Gasteiger partial charge on any atom is 0.337 e. The third-order valence-electron chi connectivity index (χ3n) is 2.74. The van der Waals surface area contributed by atoms with Crippen LogP contribution >= 0.6 is 11.6 Å². The van der Waals surface area contributed by atoms with Gasteiger partial charge in [-0.15, -0.1) is 0 Å². The zero-order valence-corrected chi connectivity index (χ0v) is 11.4. The summed E-state index contributed by atoms with van der Waals surface area (Å²) in [6.07, 6.45) is 1.29. The van der Waals surface area contributed by atoms with E-state index in [4.69, 9.17) is 16.7 Å². The quantitative estimate of drug-likeness (QED) is 0.846. The van der Waals surface area contributed by atoms with Crippen molar-refractivity contribution in [2.24, 2.45) is 4.99 Å². The lowest BCUT2D eigenvalue weighted by molar-refractivity contribution is 0.0651. The standard InChI is InChI=1S/C15H10ClNO4/c16-11-6-1-2-7-12(11)17-8-9-4-3-5-10(14(18)19)13(9)15(20)21/h1-8H,(H,18,19)(H,20,21)/b17-8-. The van der Waals surface area contributed by atoms with Gasteiger partial charge in [0.15, 0.2) is 0 Å². The molecule has 0 aliphatic heterocycles. The highest BCUT2D eigenvalue weighted by molar-refractivity contribution is 6.33. The predicted molar refractivity (Wildman–Crippen MR) is 79.1 cm³/mol. The largest absolute Gasteiger partial charge is 0.478 e. The molecule has 0 aromatic heterocycles. The summed E-state index contributed by atoms with van der Waals surface area (Å²) in [7, 11) is 0. The van der Waals surface area contributed by atoms with E-state index in [-0.39, 0.29) is 16.7 Å². The van der Waals surface area contributed by atoms with Gasteiger partial charge in [0.1, 0.15) is 0 Å². The third kappa shape index (κ3) is 3.27. The Labute approximate surface area is 125 Å². The van der Waals surface area contributed by atoms with Crippen LogP contribution in [-0.4, -0.2) is 28.4 Å². The van der Waals surface area contributed by atoms with Gasteiger partial charge in [-0.3, -0.25) is 4.99 Å². The second-order valence-corrected chi connectivity index (χ2v) is 4.50. The molecule has 0 radical (unpaired) electrons. The lowest BCUT2D eigenvalue weighted by Gasteiger charge is -2.05. The Morgan fingerprint density at radius 3 is 2.33 bits per heavy atom. The number of para-hydroxylation sites is 1. The molecular formula is C15H10ClNO4. The van der Waals surface area contributed by atoms with Gasteiger partial charge in [-0.05, 0) is 18.2 Å². The van der Waals surface area contributed by atoms with E-state index in [9.17, 15) is 14.7 Å². The highest BCUT2D eigenvalue weighted by Crippen LogP contribution is 2.24. The number of aromatic carboxylic acids is 2. The van der Waals surface area contributed by atoms with Gasteiger partial charge in [-0.2, -0.15) is 0 Å². The van der Waals surface area contributed by atoms with E-state index in [0.717, 1.165) is 0 Å². The topological polar surface area (TPSA) is 87.0 Å². The van der Waals surface area contributed by atoms with Gasteiger partial charge < -0.3 is 10.2 Å². The highest BCUT2D eigenvalue weighted by Gasteiger charge is 2.18. The van der Waals surface area contributed by atoms with Crippen LogP contribution in [0.4, 0.5) is 5.69 Å². The van der Waals surface area contributed by atoms with Crippen LogP contribution in [0.5, 0.6) is 0 Å². The maximum atomic E-state index is 11.3. The van der Waals surface area contributed by atoms with Crippen LogP contribution < -0.4 is 0 Å². The molecule has 5 nitrogen and oxygen atoms in total. The number of carbonyl (C=O) groups is 2. The predicted octanol–water partition coefficient (Wildman–Crippen LogP) is 3.49. The summed E-state index contributed by atoms with van der Waals surface area (Å²) < 4.78 is 0. The molecule has 2 rings (SSSR count). The van der Waals surface area contributed by atoms with Crippen molar-refractivity contribution in [1.29, 1.82) is 0 Å². The Bertz CT molecular complexity index is 740. The Morgan fingerprint density at radius 2 is 1.71 bits per heavy atom. The zero-order valence-electron chi connectivity index (χ0n) is 10.7. The fourth-order valence-corrected chi connectivity index (χ4v) is 1.97. The highest BCUT2D eigenvalue weighted by atomic mass is 35.5. The third-order valence-corrected chi connectivity index (χ3v) is 3.06. The Kier molecular flexibility index (Phi) is 4.35. The summed E-state index contributed by atoms with van der Waals surface area (Å²) in [5.74, 6) is -2.63. The Hall–Kier alpha value is -2.66. The first-order valence-corrected chi connectivity index (χ1v) is 6.26. The number of carboxylic acids is 2. The van der Waals surface area contributed by atoms with Gasteiger partial charge in [-0.25, -0.2) is 9.59 Å².